The lowest BCUT2D eigenvalue weighted by Gasteiger charge is -2.34. The van der Waals surface area contributed by atoms with Crippen LogP contribution in [-0.2, 0) is 26.2 Å². The first-order valence-electron chi connectivity index (χ1n) is 12.9. The van der Waals surface area contributed by atoms with E-state index in [1.54, 1.807) is 42.5 Å². The molecule has 0 saturated carbocycles. The van der Waals surface area contributed by atoms with Gasteiger partial charge in [0, 0.05) is 12.6 Å². The van der Waals surface area contributed by atoms with Crippen LogP contribution in [-0.4, -0.2) is 50.9 Å². The molecule has 0 heterocycles. The average Bonchev–Trinajstić information content (AvgIpc) is 2.92. The van der Waals surface area contributed by atoms with Gasteiger partial charge in [-0.05, 0) is 74.7 Å². The number of benzene rings is 3. The third-order valence-corrected chi connectivity index (χ3v) is 8.18. The van der Waals surface area contributed by atoms with Crippen molar-refractivity contribution in [1.29, 1.82) is 0 Å². The highest BCUT2D eigenvalue weighted by molar-refractivity contribution is 7.92. The Balaban J connectivity index is 2.05. The molecule has 3 aromatic carbocycles. The standard InChI is InChI=1S/C30H37N3O5S/c1-6-28(30(35)31-22(2)3)32(20-24-13-11-10-12-23(24)4)29(34)21-33(25-14-8-7-9-15-25)39(36,37)27-18-16-26(38-5)17-19-27/h7-19,22,28H,6,20-21H2,1-5H3,(H,31,35)/t28-/m1/s1. The summed E-state index contributed by atoms with van der Waals surface area (Å²) in [5, 5.41) is 2.90. The number of sulfonamides is 1. The van der Waals surface area contributed by atoms with Crippen LogP contribution >= 0.6 is 0 Å². The van der Waals surface area contributed by atoms with E-state index in [0.717, 1.165) is 15.4 Å². The summed E-state index contributed by atoms with van der Waals surface area (Å²) in [6.45, 7) is 7.19. The van der Waals surface area contributed by atoms with Gasteiger partial charge in [-0.25, -0.2) is 8.42 Å². The summed E-state index contributed by atoms with van der Waals surface area (Å²) in [7, 11) is -2.63. The van der Waals surface area contributed by atoms with Crippen molar-refractivity contribution >= 4 is 27.5 Å². The zero-order chi connectivity index (χ0) is 28.6. The fraction of sp³-hybridized carbons (Fsp3) is 0.333. The molecular weight excluding hydrogens is 514 g/mol. The Bertz CT molecular complexity index is 1360. The molecule has 208 valence electrons. The van der Waals surface area contributed by atoms with Crippen molar-refractivity contribution in [1.82, 2.24) is 10.2 Å². The number of carbonyl (C=O) groups excluding carboxylic acids is 2. The van der Waals surface area contributed by atoms with Crippen LogP contribution in [0, 0.1) is 6.92 Å². The summed E-state index contributed by atoms with van der Waals surface area (Å²) >= 11 is 0. The molecule has 3 rings (SSSR count). The summed E-state index contributed by atoms with van der Waals surface area (Å²) in [5.41, 5.74) is 2.20. The minimum atomic E-state index is -4.13. The van der Waals surface area contributed by atoms with Crippen LogP contribution in [0.4, 0.5) is 5.69 Å². The van der Waals surface area contributed by atoms with Crippen molar-refractivity contribution < 1.29 is 22.7 Å². The Hall–Kier alpha value is -3.85. The number of aryl methyl sites for hydroxylation is 1. The lowest BCUT2D eigenvalue weighted by molar-refractivity contribution is -0.140. The van der Waals surface area contributed by atoms with Crippen LogP contribution < -0.4 is 14.4 Å². The number of rotatable bonds is 12. The summed E-state index contributed by atoms with van der Waals surface area (Å²) in [6.07, 6.45) is 0.368. The van der Waals surface area contributed by atoms with Gasteiger partial charge in [0.1, 0.15) is 18.3 Å². The topological polar surface area (TPSA) is 96.0 Å². The molecule has 0 aliphatic heterocycles. The Kier molecular flexibility index (Phi) is 10.1. The largest absolute Gasteiger partial charge is 0.497 e. The van der Waals surface area contributed by atoms with E-state index in [1.165, 1.54) is 24.1 Å². The van der Waals surface area contributed by atoms with Gasteiger partial charge in [-0.15, -0.1) is 0 Å². The molecule has 0 bridgehead atoms. The van der Waals surface area contributed by atoms with E-state index in [-0.39, 0.29) is 23.4 Å². The summed E-state index contributed by atoms with van der Waals surface area (Å²) in [4.78, 5) is 28.7. The molecular formula is C30H37N3O5S. The first kappa shape index (κ1) is 29.7. The van der Waals surface area contributed by atoms with E-state index >= 15 is 0 Å². The molecule has 1 atom stereocenters. The van der Waals surface area contributed by atoms with Gasteiger partial charge in [-0.2, -0.15) is 0 Å². The van der Waals surface area contributed by atoms with Crippen LogP contribution in [0.5, 0.6) is 5.75 Å². The second kappa shape index (κ2) is 13.3. The van der Waals surface area contributed by atoms with E-state index in [1.807, 2.05) is 52.0 Å². The van der Waals surface area contributed by atoms with E-state index in [0.29, 0.717) is 17.9 Å². The maximum Gasteiger partial charge on any atom is 0.264 e. The second-order valence-corrected chi connectivity index (χ2v) is 11.4. The van der Waals surface area contributed by atoms with Gasteiger partial charge in [-0.1, -0.05) is 49.4 Å². The number of anilines is 1. The van der Waals surface area contributed by atoms with Gasteiger partial charge < -0.3 is 15.0 Å². The second-order valence-electron chi connectivity index (χ2n) is 9.56. The highest BCUT2D eigenvalue weighted by atomic mass is 32.2. The van der Waals surface area contributed by atoms with Gasteiger partial charge in [0.2, 0.25) is 11.8 Å². The smallest absolute Gasteiger partial charge is 0.264 e. The molecule has 39 heavy (non-hydrogen) atoms. The van der Waals surface area contributed by atoms with Crippen molar-refractivity contribution in [3.05, 3.63) is 90.0 Å². The molecule has 0 fully saturated rings. The monoisotopic (exact) mass is 551 g/mol. The van der Waals surface area contributed by atoms with Crippen LogP contribution in [0.2, 0.25) is 0 Å². The Morgan fingerprint density at radius 3 is 2.10 bits per heavy atom. The molecule has 8 nitrogen and oxygen atoms in total. The van der Waals surface area contributed by atoms with E-state index < -0.39 is 28.5 Å². The molecule has 0 aliphatic rings. The Morgan fingerprint density at radius 1 is 0.923 bits per heavy atom. The summed E-state index contributed by atoms with van der Waals surface area (Å²) < 4.78 is 34.0. The zero-order valence-electron chi connectivity index (χ0n) is 23.1. The highest BCUT2D eigenvalue weighted by Crippen LogP contribution is 2.26. The number of hydrogen-bond acceptors (Lipinski definition) is 5. The van der Waals surface area contributed by atoms with Gasteiger partial charge in [0.25, 0.3) is 10.0 Å². The minimum absolute atomic E-state index is 0.0231. The normalized spacial score (nSPS) is 12.1. The van der Waals surface area contributed by atoms with Gasteiger partial charge in [-0.3, -0.25) is 13.9 Å². The van der Waals surface area contributed by atoms with Crippen molar-refractivity contribution in [2.45, 2.75) is 57.6 Å². The highest BCUT2D eigenvalue weighted by Gasteiger charge is 2.34. The molecule has 0 saturated heterocycles. The number of methoxy groups -OCH3 is 1. The van der Waals surface area contributed by atoms with Gasteiger partial charge in [0.05, 0.1) is 17.7 Å². The third-order valence-electron chi connectivity index (χ3n) is 6.39. The SMILES string of the molecule is CC[C@H](C(=O)NC(C)C)N(Cc1ccccc1C)C(=O)CN(c1ccccc1)S(=O)(=O)c1ccc(OC)cc1. The minimum Gasteiger partial charge on any atom is -0.497 e. The van der Waals surface area contributed by atoms with Crippen LogP contribution in [0.15, 0.2) is 83.8 Å². The molecule has 0 spiro atoms. The van der Waals surface area contributed by atoms with Crippen LogP contribution in [0.1, 0.15) is 38.3 Å². The quantitative estimate of drug-likeness (QED) is 0.357. The summed E-state index contributed by atoms with van der Waals surface area (Å²) in [6, 6.07) is 21.3. The van der Waals surface area contributed by atoms with E-state index in [4.69, 9.17) is 4.74 Å². The molecule has 0 aromatic heterocycles. The van der Waals surface area contributed by atoms with E-state index in [2.05, 4.69) is 5.32 Å². The van der Waals surface area contributed by atoms with Gasteiger partial charge >= 0.3 is 0 Å². The fourth-order valence-corrected chi connectivity index (χ4v) is 5.68. The average molecular weight is 552 g/mol. The Labute approximate surface area is 231 Å². The molecule has 0 radical (unpaired) electrons. The number of amides is 2. The molecule has 3 aromatic rings. The molecule has 0 aliphatic carbocycles. The van der Waals surface area contributed by atoms with Crippen molar-refractivity contribution in [3.8, 4) is 5.75 Å². The van der Waals surface area contributed by atoms with E-state index in [9.17, 15) is 18.0 Å². The zero-order valence-corrected chi connectivity index (χ0v) is 23.9. The molecule has 1 N–H and O–H groups in total. The fourth-order valence-electron chi connectivity index (χ4n) is 4.27. The predicted octanol–water partition coefficient (Wildman–Crippen LogP) is 4.53. The number of nitrogens with one attached hydrogen (secondary N) is 1. The van der Waals surface area contributed by atoms with Crippen molar-refractivity contribution in [2.75, 3.05) is 18.0 Å². The first-order chi connectivity index (χ1) is 18.6. The van der Waals surface area contributed by atoms with Crippen molar-refractivity contribution in [3.63, 3.8) is 0 Å². The number of ether oxygens (including phenoxy) is 1. The number of nitrogens with zero attached hydrogens (tertiary/aromatic N) is 2. The first-order valence-corrected chi connectivity index (χ1v) is 14.4. The lowest BCUT2D eigenvalue weighted by Crippen LogP contribution is -2.53. The maximum atomic E-state index is 14.0. The molecule has 2 amide bonds. The Morgan fingerprint density at radius 2 is 1.54 bits per heavy atom. The van der Waals surface area contributed by atoms with Crippen LogP contribution in [0.25, 0.3) is 0 Å². The lowest BCUT2D eigenvalue weighted by atomic mass is 10.1. The predicted molar refractivity (Wildman–Crippen MR) is 153 cm³/mol. The number of hydrogen-bond donors (Lipinski definition) is 1. The molecule has 9 heteroatoms. The van der Waals surface area contributed by atoms with Crippen LogP contribution in [0.3, 0.4) is 0 Å². The maximum absolute atomic E-state index is 14.0. The van der Waals surface area contributed by atoms with Crippen molar-refractivity contribution in [2.24, 2.45) is 0 Å². The third kappa shape index (κ3) is 7.38. The number of para-hydroxylation sites is 1. The summed E-state index contributed by atoms with van der Waals surface area (Å²) in [5.74, 6) is -0.244. The number of carbonyl (C=O) groups is 2. The van der Waals surface area contributed by atoms with Gasteiger partial charge in [0.15, 0.2) is 0 Å². The molecule has 0 unspecified atom stereocenters.